The molecule has 1 aliphatic carbocycles. The van der Waals surface area contributed by atoms with E-state index in [0.717, 1.165) is 5.69 Å². The second-order valence-electron chi connectivity index (χ2n) is 5.66. The first-order chi connectivity index (χ1) is 10.6. The SMILES string of the molecule is Cc1nonc1CC(=O)N[C@@H](c1ccccn1)C1CC(O)C1. The summed E-state index contributed by atoms with van der Waals surface area (Å²) >= 11 is 0. The molecule has 0 radical (unpaired) electrons. The highest BCUT2D eigenvalue weighted by molar-refractivity contribution is 5.78. The molecule has 7 heteroatoms. The Morgan fingerprint density at radius 1 is 1.45 bits per heavy atom. The van der Waals surface area contributed by atoms with Gasteiger partial charge in [0.05, 0.1) is 24.3 Å². The molecule has 7 nitrogen and oxygen atoms in total. The van der Waals surface area contributed by atoms with Crippen LogP contribution in [-0.4, -0.2) is 32.4 Å². The minimum absolute atomic E-state index is 0.119. The number of hydrogen-bond acceptors (Lipinski definition) is 6. The second-order valence-corrected chi connectivity index (χ2v) is 5.66. The lowest BCUT2D eigenvalue weighted by molar-refractivity contribution is -0.122. The number of aromatic nitrogens is 3. The number of aliphatic hydroxyl groups excluding tert-OH is 1. The summed E-state index contributed by atoms with van der Waals surface area (Å²) < 4.78 is 4.60. The Balaban J connectivity index is 1.70. The van der Waals surface area contributed by atoms with Gasteiger partial charge in [-0.2, -0.15) is 0 Å². The van der Waals surface area contributed by atoms with Crippen LogP contribution in [0.1, 0.15) is 36.0 Å². The van der Waals surface area contributed by atoms with Gasteiger partial charge in [0.25, 0.3) is 0 Å². The fraction of sp³-hybridized carbons (Fsp3) is 0.467. The maximum Gasteiger partial charge on any atom is 0.226 e. The highest BCUT2D eigenvalue weighted by Gasteiger charge is 2.36. The van der Waals surface area contributed by atoms with E-state index in [0.29, 0.717) is 24.2 Å². The van der Waals surface area contributed by atoms with Gasteiger partial charge in [-0.1, -0.05) is 16.4 Å². The fourth-order valence-electron chi connectivity index (χ4n) is 2.68. The van der Waals surface area contributed by atoms with Crippen molar-refractivity contribution in [1.29, 1.82) is 0 Å². The molecular formula is C15H18N4O3. The van der Waals surface area contributed by atoms with E-state index in [-0.39, 0.29) is 30.4 Å². The quantitative estimate of drug-likeness (QED) is 0.852. The molecule has 0 saturated heterocycles. The summed E-state index contributed by atoms with van der Waals surface area (Å²) in [5.74, 6) is 0.0428. The van der Waals surface area contributed by atoms with Crippen LogP contribution in [0.5, 0.6) is 0 Å². The Morgan fingerprint density at radius 3 is 2.86 bits per heavy atom. The molecule has 116 valence electrons. The van der Waals surface area contributed by atoms with Crippen LogP contribution in [0.15, 0.2) is 29.0 Å². The molecule has 1 atom stereocenters. The number of carbonyl (C=O) groups is 1. The number of aliphatic hydroxyl groups is 1. The normalized spacial score (nSPS) is 21.9. The standard InChI is InChI=1S/C15H18N4O3/c1-9-13(19-22-18-9)8-14(21)17-15(10-6-11(20)7-10)12-4-2-3-5-16-12/h2-5,10-11,15,20H,6-8H2,1H3,(H,17,21)/t10?,11?,15-/m1/s1. The predicted octanol–water partition coefficient (Wildman–Crippen LogP) is 0.944. The van der Waals surface area contributed by atoms with E-state index < -0.39 is 0 Å². The van der Waals surface area contributed by atoms with Crippen molar-refractivity contribution < 1.29 is 14.5 Å². The van der Waals surface area contributed by atoms with Crippen LogP contribution in [0.2, 0.25) is 0 Å². The smallest absolute Gasteiger partial charge is 0.226 e. The number of nitrogens with one attached hydrogen (secondary N) is 1. The highest BCUT2D eigenvalue weighted by Crippen LogP contribution is 2.37. The molecule has 2 aromatic heterocycles. The van der Waals surface area contributed by atoms with Crippen LogP contribution in [0, 0.1) is 12.8 Å². The van der Waals surface area contributed by atoms with Crippen molar-refractivity contribution in [1.82, 2.24) is 20.6 Å². The average molecular weight is 302 g/mol. The fourth-order valence-corrected chi connectivity index (χ4v) is 2.68. The van der Waals surface area contributed by atoms with E-state index in [1.54, 1.807) is 13.1 Å². The molecule has 3 rings (SSSR count). The van der Waals surface area contributed by atoms with E-state index >= 15 is 0 Å². The van der Waals surface area contributed by atoms with Crippen molar-refractivity contribution in [2.24, 2.45) is 5.92 Å². The summed E-state index contributed by atoms with van der Waals surface area (Å²) in [6, 6.07) is 5.42. The largest absolute Gasteiger partial charge is 0.393 e. The molecule has 0 aromatic carbocycles. The van der Waals surface area contributed by atoms with E-state index in [1.807, 2.05) is 18.2 Å². The molecule has 1 fully saturated rings. The van der Waals surface area contributed by atoms with Crippen LogP contribution in [0.4, 0.5) is 0 Å². The third kappa shape index (κ3) is 3.14. The minimum atomic E-state index is -0.282. The Hall–Kier alpha value is -2.28. The maximum atomic E-state index is 12.3. The first kappa shape index (κ1) is 14.6. The van der Waals surface area contributed by atoms with Gasteiger partial charge < -0.3 is 10.4 Å². The van der Waals surface area contributed by atoms with Gasteiger partial charge in [-0.3, -0.25) is 9.78 Å². The molecule has 2 aromatic rings. The molecule has 22 heavy (non-hydrogen) atoms. The van der Waals surface area contributed by atoms with Gasteiger partial charge >= 0.3 is 0 Å². The topological polar surface area (TPSA) is 101 Å². The van der Waals surface area contributed by atoms with Crippen LogP contribution in [0.25, 0.3) is 0 Å². The lowest BCUT2D eigenvalue weighted by Crippen LogP contribution is -2.42. The zero-order chi connectivity index (χ0) is 15.5. The highest BCUT2D eigenvalue weighted by atomic mass is 16.6. The van der Waals surface area contributed by atoms with E-state index in [4.69, 9.17) is 0 Å². The van der Waals surface area contributed by atoms with Gasteiger partial charge in [-0.15, -0.1) is 0 Å². The third-order valence-corrected chi connectivity index (χ3v) is 4.02. The zero-order valence-corrected chi connectivity index (χ0v) is 12.3. The van der Waals surface area contributed by atoms with Gasteiger partial charge in [0.2, 0.25) is 5.91 Å². The van der Waals surface area contributed by atoms with Crippen LogP contribution >= 0.6 is 0 Å². The van der Waals surface area contributed by atoms with Gasteiger partial charge in [-0.05, 0) is 37.8 Å². The predicted molar refractivity (Wildman–Crippen MR) is 76.6 cm³/mol. The average Bonchev–Trinajstić information content (AvgIpc) is 2.88. The summed E-state index contributed by atoms with van der Waals surface area (Å²) in [5.41, 5.74) is 1.96. The van der Waals surface area contributed by atoms with E-state index in [2.05, 4.69) is 25.2 Å². The van der Waals surface area contributed by atoms with Crippen LogP contribution in [0.3, 0.4) is 0 Å². The Labute approximate surface area is 127 Å². The summed E-state index contributed by atoms with van der Waals surface area (Å²) in [7, 11) is 0. The number of amides is 1. The van der Waals surface area contributed by atoms with Crippen LogP contribution in [-0.2, 0) is 11.2 Å². The summed E-state index contributed by atoms with van der Waals surface area (Å²) in [6.07, 6.45) is 2.89. The van der Waals surface area contributed by atoms with E-state index in [9.17, 15) is 9.90 Å². The number of aryl methyl sites for hydroxylation is 1. The molecule has 0 bridgehead atoms. The number of carbonyl (C=O) groups excluding carboxylic acids is 1. The Bertz CT molecular complexity index is 637. The van der Waals surface area contributed by atoms with Crippen molar-refractivity contribution in [3.63, 3.8) is 0 Å². The summed E-state index contributed by atoms with van der Waals surface area (Å²) in [5, 5.41) is 19.9. The first-order valence-electron chi connectivity index (χ1n) is 7.30. The van der Waals surface area contributed by atoms with Crippen molar-refractivity contribution in [3.8, 4) is 0 Å². The monoisotopic (exact) mass is 302 g/mol. The molecule has 1 saturated carbocycles. The van der Waals surface area contributed by atoms with Gasteiger partial charge in [0.15, 0.2) is 0 Å². The van der Waals surface area contributed by atoms with Crippen molar-refractivity contribution in [2.45, 2.75) is 38.3 Å². The molecule has 0 unspecified atom stereocenters. The molecule has 1 aliphatic rings. The minimum Gasteiger partial charge on any atom is -0.393 e. The Morgan fingerprint density at radius 2 is 2.27 bits per heavy atom. The maximum absolute atomic E-state index is 12.3. The lowest BCUT2D eigenvalue weighted by atomic mass is 9.76. The molecule has 0 aliphatic heterocycles. The summed E-state index contributed by atoms with van der Waals surface area (Å²) in [6.45, 7) is 1.75. The molecule has 1 amide bonds. The van der Waals surface area contributed by atoms with Gasteiger partial charge in [0.1, 0.15) is 11.4 Å². The second kappa shape index (κ2) is 6.23. The number of rotatable bonds is 5. The van der Waals surface area contributed by atoms with Gasteiger partial charge in [-0.25, -0.2) is 4.63 Å². The third-order valence-electron chi connectivity index (χ3n) is 4.02. The van der Waals surface area contributed by atoms with Gasteiger partial charge in [0, 0.05) is 6.20 Å². The van der Waals surface area contributed by atoms with E-state index in [1.165, 1.54) is 0 Å². The molecule has 2 N–H and O–H groups in total. The number of hydrogen-bond donors (Lipinski definition) is 2. The molecule has 2 heterocycles. The number of pyridine rings is 1. The van der Waals surface area contributed by atoms with Crippen molar-refractivity contribution >= 4 is 5.91 Å². The van der Waals surface area contributed by atoms with Crippen LogP contribution < -0.4 is 5.32 Å². The Kier molecular flexibility index (Phi) is 4.15. The first-order valence-corrected chi connectivity index (χ1v) is 7.30. The molecular weight excluding hydrogens is 284 g/mol. The van der Waals surface area contributed by atoms with Crippen molar-refractivity contribution in [3.05, 3.63) is 41.5 Å². The molecule has 0 spiro atoms. The number of nitrogens with zero attached hydrogens (tertiary/aromatic N) is 3. The van der Waals surface area contributed by atoms with Crippen molar-refractivity contribution in [2.75, 3.05) is 0 Å². The zero-order valence-electron chi connectivity index (χ0n) is 12.3. The lowest BCUT2D eigenvalue weighted by Gasteiger charge is -2.37. The summed E-state index contributed by atoms with van der Waals surface area (Å²) in [4.78, 5) is 16.6.